The van der Waals surface area contributed by atoms with Gasteiger partial charge in [-0.15, -0.1) is 0 Å². The van der Waals surface area contributed by atoms with Crippen molar-refractivity contribution in [2.24, 2.45) is 0 Å². The van der Waals surface area contributed by atoms with Crippen LogP contribution in [0.15, 0.2) is 42.5 Å². The molecular formula is C17H19N2+. The molecule has 0 aromatic heterocycles. The fourth-order valence-corrected chi connectivity index (χ4v) is 3.85. The van der Waals surface area contributed by atoms with E-state index < -0.39 is 0 Å². The molecule has 0 fully saturated rings. The van der Waals surface area contributed by atoms with Crippen molar-refractivity contribution in [1.82, 2.24) is 4.48 Å². The molecule has 0 saturated carbocycles. The van der Waals surface area contributed by atoms with Gasteiger partial charge >= 0.3 is 0 Å². The first-order valence-corrected chi connectivity index (χ1v) is 6.98. The molecule has 2 nitrogen and oxygen atoms in total. The van der Waals surface area contributed by atoms with Gasteiger partial charge in [0.05, 0.1) is 19.3 Å². The average molecular weight is 251 g/mol. The predicted octanol–water partition coefficient (Wildman–Crippen LogP) is 3.46. The molecule has 2 aliphatic heterocycles. The Balaban J connectivity index is 2.08. The van der Waals surface area contributed by atoms with Crippen LogP contribution in [0.4, 0.5) is 17.1 Å². The van der Waals surface area contributed by atoms with Gasteiger partial charge in [0.1, 0.15) is 5.69 Å². The standard InChI is InChI=1S/C17H19N2/c1-18-12-14-7-5-6-13-10-11-19(2,17(13)14)16-9-4-3-8-15(16)18/h3-9H,10-12H2,1-2H3/q+1. The minimum Gasteiger partial charge on any atom is -0.365 e. The van der Waals surface area contributed by atoms with Crippen LogP contribution in [0.3, 0.4) is 0 Å². The van der Waals surface area contributed by atoms with Gasteiger partial charge in [-0.2, -0.15) is 0 Å². The highest BCUT2D eigenvalue weighted by molar-refractivity contribution is 5.80. The first-order chi connectivity index (χ1) is 9.20. The Morgan fingerprint density at radius 2 is 1.79 bits per heavy atom. The maximum absolute atomic E-state index is 2.38. The summed E-state index contributed by atoms with van der Waals surface area (Å²) in [4.78, 5) is 2.38. The normalized spacial score (nSPS) is 23.8. The lowest BCUT2D eigenvalue weighted by molar-refractivity contribution is 0.495. The van der Waals surface area contributed by atoms with Gasteiger partial charge in [0.25, 0.3) is 0 Å². The Kier molecular flexibility index (Phi) is 2.10. The summed E-state index contributed by atoms with van der Waals surface area (Å²) in [6.07, 6.45) is 1.19. The molecule has 19 heavy (non-hydrogen) atoms. The maximum Gasteiger partial charge on any atom is 0.161 e. The predicted molar refractivity (Wildman–Crippen MR) is 80.9 cm³/mol. The Morgan fingerprint density at radius 1 is 1.00 bits per heavy atom. The molecule has 0 aliphatic carbocycles. The van der Waals surface area contributed by atoms with Gasteiger partial charge in [-0.3, -0.25) is 4.48 Å². The van der Waals surface area contributed by atoms with Crippen LogP contribution in [0.1, 0.15) is 11.1 Å². The number of nitrogens with zero attached hydrogens (tertiary/aromatic N) is 2. The Bertz CT molecular complexity index is 662. The zero-order chi connectivity index (χ0) is 13.0. The van der Waals surface area contributed by atoms with Crippen LogP contribution >= 0.6 is 0 Å². The van der Waals surface area contributed by atoms with E-state index in [1.54, 1.807) is 5.69 Å². The third-order valence-corrected chi connectivity index (χ3v) is 4.76. The number of hydrogen-bond donors (Lipinski definition) is 0. The number of hydrogen-bond acceptors (Lipinski definition) is 1. The molecule has 1 unspecified atom stereocenters. The average Bonchev–Trinajstić information content (AvgIpc) is 2.74. The molecule has 4 rings (SSSR count). The monoisotopic (exact) mass is 251 g/mol. The van der Waals surface area contributed by atoms with E-state index in [2.05, 4.69) is 61.5 Å². The van der Waals surface area contributed by atoms with Gasteiger partial charge in [-0.05, 0) is 6.07 Å². The Labute approximate surface area is 114 Å². The van der Waals surface area contributed by atoms with Crippen molar-refractivity contribution in [1.29, 1.82) is 0 Å². The van der Waals surface area contributed by atoms with Crippen molar-refractivity contribution in [2.75, 3.05) is 25.5 Å². The van der Waals surface area contributed by atoms with Crippen molar-refractivity contribution in [3.05, 3.63) is 53.6 Å². The highest BCUT2D eigenvalue weighted by Crippen LogP contribution is 2.49. The number of likely N-dealkylation sites (N-methyl/N-ethyl adjacent to an activating group) is 1. The molecule has 2 heteroatoms. The molecule has 2 aliphatic rings. The summed E-state index contributed by atoms with van der Waals surface area (Å²) in [5.74, 6) is 0. The van der Waals surface area contributed by atoms with Gasteiger partial charge in [0, 0.05) is 37.2 Å². The molecule has 0 N–H and O–H groups in total. The minimum atomic E-state index is 0.964. The van der Waals surface area contributed by atoms with E-state index >= 15 is 0 Å². The van der Waals surface area contributed by atoms with Crippen molar-refractivity contribution >= 4 is 17.1 Å². The van der Waals surface area contributed by atoms with E-state index in [0.717, 1.165) is 11.0 Å². The van der Waals surface area contributed by atoms with Gasteiger partial charge in [0.2, 0.25) is 0 Å². The number of rotatable bonds is 0. The molecule has 2 heterocycles. The second kappa shape index (κ2) is 3.61. The smallest absolute Gasteiger partial charge is 0.161 e. The summed E-state index contributed by atoms with van der Waals surface area (Å²) >= 11 is 0. The summed E-state index contributed by atoms with van der Waals surface area (Å²) in [6.45, 7) is 2.19. The maximum atomic E-state index is 2.38. The number of anilines is 1. The van der Waals surface area contributed by atoms with Crippen LogP contribution in [-0.2, 0) is 13.0 Å². The first-order valence-electron chi connectivity index (χ1n) is 6.98. The fraction of sp³-hybridized carbons (Fsp3) is 0.294. The van der Waals surface area contributed by atoms with E-state index in [-0.39, 0.29) is 0 Å². The minimum absolute atomic E-state index is 0.964. The van der Waals surface area contributed by atoms with E-state index in [1.807, 2.05) is 0 Å². The molecule has 2 aromatic carbocycles. The molecule has 2 aromatic rings. The van der Waals surface area contributed by atoms with Crippen LogP contribution < -0.4 is 9.38 Å². The quantitative estimate of drug-likeness (QED) is 0.648. The van der Waals surface area contributed by atoms with Gasteiger partial charge < -0.3 is 4.90 Å². The zero-order valence-electron chi connectivity index (χ0n) is 11.6. The Morgan fingerprint density at radius 3 is 2.68 bits per heavy atom. The largest absolute Gasteiger partial charge is 0.365 e. The summed E-state index contributed by atoms with van der Waals surface area (Å²) in [6, 6.07) is 15.7. The SMILES string of the molecule is CN1Cc2cccc3c2[N+](C)(CC3)c2ccccc21. The van der Waals surface area contributed by atoms with Gasteiger partial charge in [-0.1, -0.05) is 30.3 Å². The molecule has 1 atom stereocenters. The van der Waals surface area contributed by atoms with Crippen LogP contribution in [0.2, 0.25) is 0 Å². The third-order valence-electron chi connectivity index (χ3n) is 4.76. The van der Waals surface area contributed by atoms with Crippen LogP contribution in [0.25, 0.3) is 0 Å². The van der Waals surface area contributed by atoms with Crippen LogP contribution in [0, 0.1) is 0 Å². The highest BCUT2D eigenvalue weighted by Gasteiger charge is 2.42. The van der Waals surface area contributed by atoms with E-state index in [0.29, 0.717) is 0 Å². The summed E-state index contributed by atoms with van der Waals surface area (Å²) in [5.41, 5.74) is 7.36. The molecule has 0 spiro atoms. The lowest BCUT2D eigenvalue weighted by Gasteiger charge is -2.30. The molecule has 96 valence electrons. The van der Waals surface area contributed by atoms with Crippen molar-refractivity contribution in [3.63, 3.8) is 0 Å². The van der Waals surface area contributed by atoms with Gasteiger partial charge in [-0.25, -0.2) is 0 Å². The van der Waals surface area contributed by atoms with Crippen molar-refractivity contribution in [2.45, 2.75) is 13.0 Å². The lowest BCUT2D eigenvalue weighted by atomic mass is 10.1. The second-order valence-electron chi connectivity index (χ2n) is 5.93. The van der Waals surface area contributed by atoms with E-state index in [1.165, 1.54) is 35.5 Å². The van der Waals surface area contributed by atoms with Crippen LogP contribution in [-0.4, -0.2) is 20.6 Å². The summed E-state index contributed by atoms with van der Waals surface area (Å²) < 4.78 is 0.964. The number of para-hydroxylation sites is 3. The van der Waals surface area contributed by atoms with Gasteiger partial charge in [0.15, 0.2) is 5.69 Å². The summed E-state index contributed by atoms with van der Waals surface area (Å²) in [7, 11) is 4.57. The first kappa shape index (κ1) is 11.1. The zero-order valence-corrected chi connectivity index (χ0v) is 11.6. The molecule has 0 bridgehead atoms. The van der Waals surface area contributed by atoms with E-state index in [9.17, 15) is 0 Å². The topological polar surface area (TPSA) is 3.24 Å². The molecular weight excluding hydrogens is 232 g/mol. The number of benzene rings is 2. The van der Waals surface area contributed by atoms with E-state index in [4.69, 9.17) is 0 Å². The molecule has 0 amide bonds. The molecule has 0 radical (unpaired) electrons. The van der Waals surface area contributed by atoms with Crippen molar-refractivity contribution < 1.29 is 0 Å². The highest BCUT2D eigenvalue weighted by atomic mass is 15.4. The fourth-order valence-electron chi connectivity index (χ4n) is 3.85. The Hall–Kier alpha value is -1.80. The third kappa shape index (κ3) is 1.35. The lowest BCUT2D eigenvalue weighted by Crippen LogP contribution is -2.37. The van der Waals surface area contributed by atoms with Crippen molar-refractivity contribution in [3.8, 4) is 0 Å². The number of quaternary nitrogens is 1. The number of fused-ring (bicyclic) bond motifs is 2. The summed E-state index contributed by atoms with van der Waals surface area (Å²) in [5, 5.41) is 0. The molecule has 0 saturated heterocycles. The van der Waals surface area contributed by atoms with Crippen LogP contribution in [0.5, 0.6) is 0 Å². The second-order valence-corrected chi connectivity index (χ2v) is 5.93.